The van der Waals surface area contributed by atoms with Crippen LogP contribution >= 0.6 is 0 Å². The highest BCUT2D eigenvalue weighted by molar-refractivity contribution is 5.99. The van der Waals surface area contributed by atoms with Crippen molar-refractivity contribution in [2.75, 3.05) is 0 Å². The Hall–Kier alpha value is -1.38. The van der Waals surface area contributed by atoms with Crippen LogP contribution in [0.1, 0.15) is 53.4 Å². The molecule has 3 nitrogen and oxygen atoms in total. The minimum atomic E-state index is -0.568. The van der Waals surface area contributed by atoms with Crippen LogP contribution in [-0.4, -0.2) is 16.7 Å². The van der Waals surface area contributed by atoms with Gasteiger partial charge in [0.2, 0.25) is 5.78 Å². The van der Waals surface area contributed by atoms with Crippen molar-refractivity contribution in [3.63, 3.8) is 0 Å². The van der Waals surface area contributed by atoms with E-state index in [2.05, 4.69) is 26.0 Å². The summed E-state index contributed by atoms with van der Waals surface area (Å²) in [5.74, 6) is 0.428. The van der Waals surface area contributed by atoms with Crippen molar-refractivity contribution in [2.45, 2.75) is 53.4 Å². The van der Waals surface area contributed by atoms with Gasteiger partial charge in [-0.05, 0) is 54.9 Å². The second kappa shape index (κ2) is 3.99. The maximum absolute atomic E-state index is 12.7. The van der Waals surface area contributed by atoms with Gasteiger partial charge in [0.15, 0.2) is 5.76 Å². The first-order chi connectivity index (χ1) is 10.6. The Morgan fingerprint density at radius 1 is 1.09 bits per heavy atom. The molecule has 0 aromatic heterocycles. The van der Waals surface area contributed by atoms with Crippen LogP contribution in [0.25, 0.3) is 0 Å². The van der Waals surface area contributed by atoms with Crippen molar-refractivity contribution in [2.24, 2.45) is 33.5 Å². The Labute approximate surface area is 137 Å². The van der Waals surface area contributed by atoms with E-state index >= 15 is 0 Å². The Morgan fingerprint density at radius 2 is 1.78 bits per heavy atom. The molecule has 2 bridgehead atoms. The Morgan fingerprint density at radius 3 is 2.48 bits per heavy atom. The molecule has 23 heavy (non-hydrogen) atoms. The zero-order valence-corrected chi connectivity index (χ0v) is 14.5. The van der Waals surface area contributed by atoms with Crippen LogP contribution in [0.3, 0.4) is 0 Å². The summed E-state index contributed by atoms with van der Waals surface area (Å²) < 4.78 is 0. The van der Waals surface area contributed by atoms with Crippen LogP contribution in [0.15, 0.2) is 24.0 Å². The van der Waals surface area contributed by atoms with Gasteiger partial charge in [-0.2, -0.15) is 0 Å². The largest absolute Gasteiger partial charge is 0.505 e. The Balaban J connectivity index is 1.88. The van der Waals surface area contributed by atoms with E-state index in [0.29, 0.717) is 12.2 Å². The standard InChI is InChI=1S/C20H26O3/c1-17(2)13-5-6-20-8-7-18(3,11-20)15(22)9-14(20)19(13,4)10-12(21)16(17)23/h7-8,10,13-14,21H,5-6,9,11H2,1-4H3/t13-,14+,18+,19+,20+/m0/s1. The number of ketones is 2. The molecule has 2 saturated carbocycles. The number of aliphatic hydroxyl groups is 1. The van der Waals surface area contributed by atoms with E-state index in [9.17, 15) is 14.7 Å². The zero-order valence-electron chi connectivity index (χ0n) is 14.5. The van der Waals surface area contributed by atoms with Gasteiger partial charge in [-0.15, -0.1) is 0 Å². The monoisotopic (exact) mass is 314 g/mol. The fourth-order valence-corrected chi connectivity index (χ4v) is 6.54. The summed E-state index contributed by atoms with van der Waals surface area (Å²) in [6, 6.07) is 0. The Bertz CT molecular complexity index is 685. The molecule has 0 aliphatic heterocycles. The molecule has 0 aromatic rings. The van der Waals surface area contributed by atoms with Crippen LogP contribution < -0.4 is 0 Å². The number of aliphatic hydroxyl groups excluding tert-OH is 1. The maximum Gasteiger partial charge on any atom is 0.202 e. The highest BCUT2D eigenvalue weighted by Gasteiger charge is 2.66. The van der Waals surface area contributed by atoms with Crippen LogP contribution in [0.2, 0.25) is 0 Å². The molecule has 4 rings (SSSR count). The fraction of sp³-hybridized carbons (Fsp3) is 0.700. The molecule has 124 valence electrons. The first-order valence-corrected chi connectivity index (χ1v) is 8.76. The van der Waals surface area contributed by atoms with Gasteiger partial charge in [-0.1, -0.05) is 32.9 Å². The highest BCUT2D eigenvalue weighted by Crippen LogP contribution is 2.69. The SMILES string of the molecule is CC1(C)C(=O)C(O)=C[C@]2(C)[C@H]1CC[C@@]13C=C[C@](C)(C1)C(=O)C[C@@H]32. The third kappa shape index (κ3) is 1.61. The maximum atomic E-state index is 12.7. The third-order valence-corrected chi connectivity index (χ3v) is 7.74. The van der Waals surface area contributed by atoms with Crippen LogP contribution in [0.5, 0.6) is 0 Å². The molecule has 0 amide bonds. The fourth-order valence-electron chi connectivity index (χ4n) is 6.54. The quantitative estimate of drug-likeness (QED) is 0.688. The molecule has 1 N–H and O–H groups in total. The van der Waals surface area contributed by atoms with Gasteiger partial charge >= 0.3 is 0 Å². The molecule has 0 radical (unpaired) electrons. The lowest BCUT2D eigenvalue weighted by Crippen LogP contribution is -2.59. The molecular formula is C20H26O3. The predicted molar refractivity (Wildman–Crippen MR) is 87.7 cm³/mol. The molecule has 0 saturated heterocycles. The van der Waals surface area contributed by atoms with Gasteiger partial charge in [0, 0.05) is 17.3 Å². The van der Waals surface area contributed by atoms with Crippen LogP contribution in [0, 0.1) is 33.5 Å². The number of rotatable bonds is 0. The first-order valence-electron chi connectivity index (χ1n) is 8.76. The van der Waals surface area contributed by atoms with Gasteiger partial charge in [0.1, 0.15) is 5.78 Å². The van der Waals surface area contributed by atoms with E-state index in [1.54, 1.807) is 6.08 Å². The topological polar surface area (TPSA) is 54.4 Å². The molecule has 0 unspecified atom stereocenters. The lowest BCUT2D eigenvalue weighted by molar-refractivity contribution is -0.152. The smallest absolute Gasteiger partial charge is 0.202 e. The van der Waals surface area contributed by atoms with E-state index < -0.39 is 5.41 Å². The predicted octanol–water partition coefficient (Wildman–Crippen LogP) is 4.00. The van der Waals surface area contributed by atoms with Crippen LogP contribution in [0.4, 0.5) is 0 Å². The third-order valence-electron chi connectivity index (χ3n) is 7.74. The Kier molecular flexibility index (Phi) is 2.63. The van der Waals surface area contributed by atoms with Crippen molar-refractivity contribution in [3.05, 3.63) is 24.0 Å². The van der Waals surface area contributed by atoms with Gasteiger partial charge in [-0.25, -0.2) is 0 Å². The molecule has 1 spiro atoms. The summed E-state index contributed by atoms with van der Waals surface area (Å²) in [5, 5.41) is 10.3. The molecule has 4 aliphatic rings. The number of carbonyl (C=O) groups is 2. The minimum absolute atomic E-state index is 0.0567. The highest BCUT2D eigenvalue weighted by atomic mass is 16.3. The van der Waals surface area contributed by atoms with Gasteiger partial charge in [0.05, 0.1) is 0 Å². The van der Waals surface area contributed by atoms with Crippen LogP contribution in [-0.2, 0) is 9.59 Å². The number of Topliss-reactive ketones (excluding diaryl/α,β-unsaturated/α-hetero) is 2. The van der Waals surface area contributed by atoms with Crippen molar-refractivity contribution < 1.29 is 14.7 Å². The lowest BCUT2D eigenvalue weighted by Gasteiger charge is -2.61. The van der Waals surface area contributed by atoms with Crippen molar-refractivity contribution >= 4 is 11.6 Å². The second-order valence-corrected chi connectivity index (χ2v) is 9.38. The average Bonchev–Trinajstić information content (AvgIpc) is 2.75. The summed E-state index contributed by atoms with van der Waals surface area (Å²) >= 11 is 0. The summed E-state index contributed by atoms with van der Waals surface area (Å²) in [4.78, 5) is 25.2. The van der Waals surface area contributed by atoms with Crippen molar-refractivity contribution in [1.29, 1.82) is 0 Å². The van der Waals surface area contributed by atoms with E-state index in [0.717, 1.165) is 19.3 Å². The normalized spacial score (nSPS) is 50.3. The molecule has 5 atom stereocenters. The summed E-state index contributed by atoms with van der Waals surface area (Å²) in [6.45, 7) is 8.14. The minimum Gasteiger partial charge on any atom is -0.505 e. The molecule has 2 fully saturated rings. The molecule has 3 heteroatoms. The van der Waals surface area contributed by atoms with Crippen molar-refractivity contribution in [3.8, 4) is 0 Å². The first kappa shape index (κ1) is 15.2. The second-order valence-electron chi connectivity index (χ2n) is 9.38. The van der Waals surface area contributed by atoms with Gasteiger partial charge in [-0.3, -0.25) is 9.59 Å². The average molecular weight is 314 g/mol. The van der Waals surface area contributed by atoms with Gasteiger partial charge < -0.3 is 5.11 Å². The lowest BCUT2D eigenvalue weighted by atomic mass is 9.41. The molecule has 4 aliphatic carbocycles. The summed E-state index contributed by atoms with van der Waals surface area (Å²) in [6.07, 6.45) is 9.69. The molecular weight excluding hydrogens is 288 g/mol. The molecule has 0 heterocycles. The number of hydrogen-bond acceptors (Lipinski definition) is 3. The number of fused-ring (bicyclic) bond motifs is 3. The number of carbonyl (C=O) groups excluding carboxylic acids is 2. The number of allylic oxidation sites excluding steroid dienone is 4. The van der Waals surface area contributed by atoms with E-state index in [1.807, 2.05) is 13.8 Å². The van der Waals surface area contributed by atoms with E-state index in [4.69, 9.17) is 0 Å². The van der Waals surface area contributed by atoms with Crippen molar-refractivity contribution in [1.82, 2.24) is 0 Å². The van der Waals surface area contributed by atoms with Gasteiger partial charge in [0.25, 0.3) is 0 Å². The summed E-state index contributed by atoms with van der Waals surface area (Å²) in [5.41, 5.74) is -1.11. The number of hydrogen-bond donors (Lipinski definition) is 1. The van der Waals surface area contributed by atoms with E-state index in [1.165, 1.54) is 0 Å². The zero-order chi connectivity index (χ0) is 16.8. The summed E-state index contributed by atoms with van der Waals surface area (Å²) in [7, 11) is 0. The molecule has 0 aromatic carbocycles. The van der Waals surface area contributed by atoms with E-state index in [-0.39, 0.29) is 39.6 Å².